The van der Waals surface area contributed by atoms with Gasteiger partial charge in [-0.25, -0.2) is 0 Å². The monoisotopic (exact) mass is 396 g/mol. The van der Waals surface area contributed by atoms with Crippen LogP contribution in [0.3, 0.4) is 0 Å². The number of ketones is 1. The minimum atomic E-state index is -0.0215. The normalized spacial score (nSPS) is 10.4. The molecule has 104 valence electrons. The number of ether oxygens (including phenoxy) is 1. The van der Waals surface area contributed by atoms with Crippen LogP contribution in [0.5, 0.6) is 5.75 Å². The van der Waals surface area contributed by atoms with Crippen molar-refractivity contribution in [1.82, 2.24) is 0 Å². The summed E-state index contributed by atoms with van der Waals surface area (Å²) in [7, 11) is 0. The number of hydrogen-bond donors (Lipinski definition) is 0. The lowest BCUT2D eigenvalue weighted by Gasteiger charge is -2.09. The second-order valence-corrected chi connectivity index (χ2v) is 6.10. The third kappa shape index (κ3) is 3.30. The van der Waals surface area contributed by atoms with Crippen molar-refractivity contribution in [2.24, 2.45) is 0 Å². The van der Waals surface area contributed by atoms with E-state index in [2.05, 4.69) is 31.9 Å². The predicted molar refractivity (Wildman–Crippen MR) is 87.6 cm³/mol. The molecule has 0 radical (unpaired) electrons. The fourth-order valence-electron chi connectivity index (χ4n) is 1.89. The van der Waals surface area contributed by atoms with Crippen LogP contribution in [0.25, 0.3) is 0 Å². The number of aryl methyl sites for hydroxylation is 1. The summed E-state index contributed by atoms with van der Waals surface area (Å²) in [6, 6.07) is 11.1. The van der Waals surface area contributed by atoms with Gasteiger partial charge in [-0.3, -0.25) is 4.79 Å². The maximum Gasteiger partial charge on any atom is 0.195 e. The van der Waals surface area contributed by atoms with Gasteiger partial charge in [0.05, 0.1) is 6.61 Å². The Bertz CT molecular complexity index is 651. The van der Waals surface area contributed by atoms with Gasteiger partial charge in [-0.15, -0.1) is 0 Å². The molecule has 0 bridgehead atoms. The highest BCUT2D eigenvalue weighted by Crippen LogP contribution is 2.28. The van der Waals surface area contributed by atoms with E-state index in [0.717, 1.165) is 20.3 Å². The van der Waals surface area contributed by atoms with E-state index in [-0.39, 0.29) is 5.78 Å². The zero-order valence-corrected chi connectivity index (χ0v) is 14.4. The molecule has 0 saturated heterocycles. The van der Waals surface area contributed by atoms with E-state index in [1.807, 2.05) is 44.2 Å². The van der Waals surface area contributed by atoms with Crippen LogP contribution in [0.1, 0.15) is 28.4 Å². The lowest BCUT2D eigenvalue weighted by molar-refractivity contribution is 0.103. The molecule has 0 aliphatic rings. The first kappa shape index (κ1) is 15.3. The standard InChI is InChI=1S/C16H14Br2O2/c1-3-20-11-5-7-13(15(18)9-11)16(19)12-6-4-10(2)8-14(12)17/h4-9H,3H2,1-2H3. The molecule has 2 rings (SSSR count). The van der Waals surface area contributed by atoms with Crippen LogP contribution >= 0.6 is 31.9 Å². The molecular formula is C16H14Br2O2. The first-order valence-corrected chi connectivity index (χ1v) is 7.84. The molecule has 0 atom stereocenters. The summed E-state index contributed by atoms with van der Waals surface area (Å²) < 4.78 is 6.96. The van der Waals surface area contributed by atoms with E-state index in [0.29, 0.717) is 17.7 Å². The lowest BCUT2D eigenvalue weighted by atomic mass is 10.0. The summed E-state index contributed by atoms with van der Waals surface area (Å²) in [6.45, 7) is 4.52. The van der Waals surface area contributed by atoms with E-state index >= 15 is 0 Å². The highest BCUT2D eigenvalue weighted by molar-refractivity contribution is 9.11. The Hall–Kier alpha value is -1.13. The number of carbonyl (C=O) groups excluding carboxylic acids is 1. The molecule has 2 aromatic rings. The van der Waals surface area contributed by atoms with Gasteiger partial charge in [0, 0.05) is 20.1 Å². The molecule has 0 aromatic heterocycles. The van der Waals surface area contributed by atoms with E-state index in [4.69, 9.17) is 4.74 Å². The van der Waals surface area contributed by atoms with Gasteiger partial charge in [0.1, 0.15) is 5.75 Å². The van der Waals surface area contributed by atoms with Gasteiger partial charge in [-0.1, -0.05) is 22.0 Å². The largest absolute Gasteiger partial charge is 0.494 e. The molecule has 2 aromatic carbocycles. The Morgan fingerprint density at radius 2 is 1.65 bits per heavy atom. The van der Waals surface area contributed by atoms with Gasteiger partial charge in [0.25, 0.3) is 0 Å². The summed E-state index contributed by atoms with van der Waals surface area (Å²) in [5.41, 5.74) is 2.39. The van der Waals surface area contributed by atoms with Gasteiger partial charge in [-0.2, -0.15) is 0 Å². The fraction of sp³-hybridized carbons (Fsp3) is 0.188. The topological polar surface area (TPSA) is 26.3 Å². The van der Waals surface area contributed by atoms with Crippen LogP contribution in [0.2, 0.25) is 0 Å². The van der Waals surface area contributed by atoms with Crippen LogP contribution in [0.4, 0.5) is 0 Å². The molecule has 4 heteroatoms. The molecule has 20 heavy (non-hydrogen) atoms. The molecule has 0 N–H and O–H groups in total. The van der Waals surface area contributed by atoms with Gasteiger partial charge in [0.15, 0.2) is 5.78 Å². The summed E-state index contributed by atoms with van der Waals surface area (Å²) in [6.07, 6.45) is 0. The van der Waals surface area contributed by atoms with Gasteiger partial charge in [0.2, 0.25) is 0 Å². The molecule has 0 unspecified atom stereocenters. The van der Waals surface area contributed by atoms with Crippen LogP contribution in [0.15, 0.2) is 45.3 Å². The Morgan fingerprint density at radius 3 is 2.20 bits per heavy atom. The SMILES string of the molecule is CCOc1ccc(C(=O)c2ccc(C)cc2Br)c(Br)c1. The minimum Gasteiger partial charge on any atom is -0.494 e. The van der Waals surface area contributed by atoms with E-state index < -0.39 is 0 Å². The van der Waals surface area contributed by atoms with E-state index in [9.17, 15) is 4.79 Å². The quantitative estimate of drug-likeness (QED) is 0.667. The van der Waals surface area contributed by atoms with Crippen molar-refractivity contribution in [3.05, 3.63) is 62.0 Å². The predicted octanol–water partition coefficient (Wildman–Crippen LogP) is 5.15. The van der Waals surface area contributed by atoms with Crippen LogP contribution in [0, 0.1) is 6.92 Å². The smallest absolute Gasteiger partial charge is 0.195 e. The van der Waals surface area contributed by atoms with Crippen LogP contribution in [-0.2, 0) is 0 Å². The molecular weight excluding hydrogens is 384 g/mol. The van der Waals surface area contributed by atoms with Gasteiger partial charge >= 0.3 is 0 Å². The zero-order chi connectivity index (χ0) is 14.7. The number of carbonyl (C=O) groups is 1. The van der Waals surface area contributed by atoms with Gasteiger partial charge in [-0.05, 0) is 65.7 Å². The lowest BCUT2D eigenvalue weighted by Crippen LogP contribution is -2.04. The maximum absolute atomic E-state index is 12.6. The summed E-state index contributed by atoms with van der Waals surface area (Å²) in [5, 5.41) is 0. The molecule has 0 spiro atoms. The molecule has 0 saturated carbocycles. The zero-order valence-electron chi connectivity index (χ0n) is 11.2. The first-order chi connectivity index (χ1) is 9.52. The Kier molecular flexibility index (Phi) is 5.00. The third-order valence-corrected chi connectivity index (χ3v) is 4.18. The number of rotatable bonds is 4. The molecule has 0 fully saturated rings. The second kappa shape index (κ2) is 6.55. The third-order valence-electron chi connectivity index (χ3n) is 2.87. The first-order valence-electron chi connectivity index (χ1n) is 6.26. The highest BCUT2D eigenvalue weighted by Gasteiger charge is 2.16. The van der Waals surface area contributed by atoms with Crippen molar-refractivity contribution in [2.45, 2.75) is 13.8 Å². The molecule has 2 nitrogen and oxygen atoms in total. The summed E-state index contributed by atoms with van der Waals surface area (Å²) >= 11 is 6.89. The van der Waals surface area contributed by atoms with Crippen molar-refractivity contribution in [1.29, 1.82) is 0 Å². The van der Waals surface area contributed by atoms with Crippen LogP contribution in [-0.4, -0.2) is 12.4 Å². The van der Waals surface area contributed by atoms with Gasteiger partial charge < -0.3 is 4.74 Å². The van der Waals surface area contributed by atoms with Crippen molar-refractivity contribution in [3.63, 3.8) is 0 Å². The van der Waals surface area contributed by atoms with Crippen molar-refractivity contribution in [3.8, 4) is 5.75 Å². The van der Waals surface area contributed by atoms with Crippen molar-refractivity contribution >= 4 is 37.6 Å². The Labute approximate surface area is 135 Å². The number of hydrogen-bond acceptors (Lipinski definition) is 2. The maximum atomic E-state index is 12.6. The van der Waals surface area contributed by atoms with E-state index in [1.54, 1.807) is 6.07 Å². The Balaban J connectivity index is 2.38. The molecule has 0 heterocycles. The van der Waals surface area contributed by atoms with Crippen LogP contribution < -0.4 is 4.74 Å². The van der Waals surface area contributed by atoms with Crippen molar-refractivity contribution in [2.75, 3.05) is 6.61 Å². The average molecular weight is 398 g/mol. The number of halogens is 2. The molecule has 0 aliphatic carbocycles. The number of benzene rings is 2. The Morgan fingerprint density at radius 1 is 1.05 bits per heavy atom. The second-order valence-electron chi connectivity index (χ2n) is 4.39. The highest BCUT2D eigenvalue weighted by atomic mass is 79.9. The fourth-order valence-corrected chi connectivity index (χ4v) is 3.10. The summed E-state index contributed by atoms with van der Waals surface area (Å²) in [4.78, 5) is 12.6. The van der Waals surface area contributed by atoms with Crippen molar-refractivity contribution < 1.29 is 9.53 Å². The summed E-state index contributed by atoms with van der Waals surface area (Å²) in [5.74, 6) is 0.727. The average Bonchev–Trinajstić information content (AvgIpc) is 2.38. The molecule has 0 amide bonds. The minimum absolute atomic E-state index is 0.0215. The molecule has 0 aliphatic heterocycles. The van der Waals surface area contributed by atoms with E-state index in [1.165, 1.54) is 0 Å².